The minimum Gasteiger partial charge on any atom is -0.298 e. The number of ketones is 1. The largest absolute Gasteiger partial charge is 0.298 e. The summed E-state index contributed by atoms with van der Waals surface area (Å²) in [6, 6.07) is 9.86. The smallest absolute Gasteiger partial charge is 0.196 e. The van der Waals surface area contributed by atoms with Crippen LogP contribution in [-0.4, -0.2) is 26.3 Å². The molecule has 0 aliphatic heterocycles. The van der Waals surface area contributed by atoms with Gasteiger partial charge < -0.3 is 0 Å². The van der Waals surface area contributed by atoms with Crippen LogP contribution in [0.15, 0.2) is 41.8 Å². The molecule has 0 fully saturated rings. The monoisotopic (exact) mass is 275 g/mol. The van der Waals surface area contributed by atoms with E-state index < -0.39 is 0 Å². The van der Waals surface area contributed by atoms with Gasteiger partial charge in [-0.3, -0.25) is 9.36 Å². The lowest BCUT2D eigenvalue weighted by atomic mass is 9.92. The van der Waals surface area contributed by atoms with Gasteiger partial charge in [0.25, 0.3) is 0 Å². The molecule has 0 bridgehead atoms. The third-order valence-corrected chi connectivity index (χ3v) is 3.66. The summed E-state index contributed by atoms with van der Waals surface area (Å²) in [5.74, 6) is 0.620. The maximum absolute atomic E-state index is 11.9. The van der Waals surface area contributed by atoms with Crippen LogP contribution in [0.25, 0.3) is 5.69 Å². The summed E-state index contributed by atoms with van der Waals surface area (Å²) in [6.07, 6.45) is 1.67. The quantitative estimate of drug-likeness (QED) is 0.805. The van der Waals surface area contributed by atoms with E-state index in [-0.39, 0.29) is 11.2 Å². The number of para-hydroxylation sites is 1. The Bertz CT molecular complexity index is 558. The summed E-state index contributed by atoms with van der Waals surface area (Å²) in [5.41, 5.74) is 0.683. The molecular weight excluding hydrogens is 258 g/mol. The van der Waals surface area contributed by atoms with Crippen molar-refractivity contribution in [2.24, 2.45) is 5.41 Å². The van der Waals surface area contributed by atoms with Gasteiger partial charge in [0.1, 0.15) is 12.1 Å². The van der Waals surface area contributed by atoms with Crippen molar-refractivity contribution in [1.29, 1.82) is 0 Å². The van der Waals surface area contributed by atoms with Gasteiger partial charge in [-0.15, -0.1) is 10.2 Å². The summed E-state index contributed by atoms with van der Waals surface area (Å²) in [7, 11) is 0. The summed E-state index contributed by atoms with van der Waals surface area (Å²) >= 11 is 1.42. The van der Waals surface area contributed by atoms with Gasteiger partial charge in [0.05, 0.1) is 5.75 Å². The van der Waals surface area contributed by atoms with Crippen molar-refractivity contribution in [2.75, 3.05) is 5.75 Å². The van der Waals surface area contributed by atoms with E-state index in [1.165, 1.54) is 11.8 Å². The van der Waals surface area contributed by atoms with Crippen LogP contribution < -0.4 is 0 Å². The van der Waals surface area contributed by atoms with Gasteiger partial charge in [-0.05, 0) is 12.1 Å². The van der Waals surface area contributed by atoms with Crippen LogP contribution in [0.4, 0.5) is 0 Å². The molecule has 0 aliphatic rings. The van der Waals surface area contributed by atoms with Crippen LogP contribution in [-0.2, 0) is 4.79 Å². The first-order valence-electron chi connectivity index (χ1n) is 6.10. The molecule has 0 radical (unpaired) electrons. The van der Waals surface area contributed by atoms with E-state index in [9.17, 15) is 4.79 Å². The zero-order chi connectivity index (χ0) is 13.9. The molecule has 4 nitrogen and oxygen atoms in total. The number of rotatable bonds is 4. The molecule has 100 valence electrons. The van der Waals surface area contributed by atoms with Gasteiger partial charge >= 0.3 is 0 Å². The molecule has 0 N–H and O–H groups in total. The van der Waals surface area contributed by atoms with E-state index in [0.717, 1.165) is 10.8 Å². The van der Waals surface area contributed by atoms with Gasteiger partial charge in [-0.2, -0.15) is 0 Å². The number of thioether (sulfide) groups is 1. The fourth-order valence-corrected chi connectivity index (χ4v) is 2.52. The molecule has 1 aromatic carbocycles. The molecule has 0 saturated carbocycles. The molecular formula is C14H17N3OS. The van der Waals surface area contributed by atoms with Gasteiger partial charge in [0.15, 0.2) is 5.16 Å². The maximum Gasteiger partial charge on any atom is 0.196 e. The molecule has 5 heteroatoms. The Labute approximate surface area is 117 Å². The summed E-state index contributed by atoms with van der Waals surface area (Å²) in [6.45, 7) is 5.79. The Morgan fingerprint density at radius 1 is 1.26 bits per heavy atom. The van der Waals surface area contributed by atoms with Crippen molar-refractivity contribution >= 4 is 17.5 Å². The Kier molecular flexibility index (Phi) is 4.04. The maximum atomic E-state index is 11.9. The zero-order valence-electron chi connectivity index (χ0n) is 11.3. The predicted octanol–water partition coefficient (Wildman–Crippen LogP) is 2.97. The number of carbonyl (C=O) groups is 1. The average molecular weight is 275 g/mol. The lowest BCUT2D eigenvalue weighted by Gasteiger charge is -2.15. The molecule has 0 saturated heterocycles. The summed E-state index contributed by atoms with van der Waals surface area (Å²) < 4.78 is 1.89. The summed E-state index contributed by atoms with van der Waals surface area (Å²) in [5, 5.41) is 8.73. The molecule has 0 unspecified atom stereocenters. The highest BCUT2D eigenvalue weighted by Gasteiger charge is 2.22. The first-order valence-corrected chi connectivity index (χ1v) is 7.08. The van der Waals surface area contributed by atoms with Crippen LogP contribution >= 0.6 is 11.8 Å². The topological polar surface area (TPSA) is 47.8 Å². The molecule has 0 aliphatic carbocycles. The Morgan fingerprint density at radius 3 is 2.58 bits per heavy atom. The zero-order valence-corrected chi connectivity index (χ0v) is 12.1. The molecule has 0 atom stereocenters. The number of carbonyl (C=O) groups excluding carboxylic acids is 1. The SMILES string of the molecule is CC(C)(C)C(=O)CSc1nncn1-c1ccccc1. The van der Waals surface area contributed by atoms with Crippen molar-refractivity contribution in [2.45, 2.75) is 25.9 Å². The summed E-state index contributed by atoms with van der Waals surface area (Å²) in [4.78, 5) is 11.9. The van der Waals surface area contributed by atoms with Crippen LogP contribution in [0.1, 0.15) is 20.8 Å². The van der Waals surface area contributed by atoms with E-state index >= 15 is 0 Å². The van der Waals surface area contributed by atoms with E-state index in [4.69, 9.17) is 0 Å². The van der Waals surface area contributed by atoms with Crippen LogP contribution in [0.2, 0.25) is 0 Å². The van der Waals surface area contributed by atoms with Gasteiger partial charge in [0.2, 0.25) is 0 Å². The highest BCUT2D eigenvalue weighted by atomic mass is 32.2. The average Bonchev–Trinajstić information content (AvgIpc) is 2.84. The van der Waals surface area contributed by atoms with Gasteiger partial charge in [-0.1, -0.05) is 50.7 Å². The third kappa shape index (κ3) is 3.44. The highest BCUT2D eigenvalue weighted by Crippen LogP contribution is 2.23. The van der Waals surface area contributed by atoms with Crippen LogP contribution in [0.3, 0.4) is 0 Å². The minimum atomic E-state index is -0.315. The Hall–Kier alpha value is -1.62. The Balaban J connectivity index is 2.11. The van der Waals surface area contributed by atoms with Crippen LogP contribution in [0, 0.1) is 5.41 Å². The molecule has 2 aromatic rings. The molecule has 1 aromatic heterocycles. The minimum absolute atomic E-state index is 0.208. The molecule has 19 heavy (non-hydrogen) atoms. The standard InChI is InChI=1S/C14H17N3OS/c1-14(2,3)12(18)9-19-13-16-15-10-17(13)11-7-5-4-6-8-11/h4-8,10H,9H2,1-3H3. The van der Waals surface area contributed by atoms with E-state index in [0.29, 0.717) is 5.75 Å². The van der Waals surface area contributed by atoms with Crippen molar-refractivity contribution in [3.63, 3.8) is 0 Å². The number of hydrogen-bond donors (Lipinski definition) is 0. The molecule has 2 rings (SSSR count). The first kappa shape index (κ1) is 13.8. The highest BCUT2D eigenvalue weighted by molar-refractivity contribution is 7.99. The van der Waals surface area contributed by atoms with Crippen molar-refractivity contribution in [3.05, 3.63) is 36.7 Å². The van der Waals surface area contributed by atoms with Gasteiger partial charge in [-0.25, -0.2) is 0 Å². The first-order chi connectivity index (χ1) is 8.98. The number of benzene rings is 1. The van der Waals surface area contributed by atoms with Crippen molar-refractivity contribution in [3.8, 4) is 5.69 Å². The molecule has 0 amide bonds. The van der Waals surface area contributed by atoms with Crippen molar-refractivity contribution in [1.82, 2.24) is 14.8 Å². The number of aromatic nitrogens is 3. The second-order valence-corrected chi connectivity index (χ2v) is 6.22. The normalized spacial score (nSPS) is 11.5. The fraction of sp³-hybridized carbons (Fsp3) is 0.357. The van der Waals surface area contributed by atoms with Crippen molar-refractivity contribution < 1.29 is 4.79 Å². The van der Waals surface area contributed by atoms with E-state index in [1.807, 2.05) is 55.7 Å². The lowest BCUT2D eigenvalue weighted by molar-refractivity contribution is -0.123. The molecule has 1 heterocycles. The van der Waals surface area contributed by atoms with Gasteiger partial charge in [0, 0.05) is 11.1 Å². The van der Waals surface area contributed by atoms with Crippen LogP contribution in [0.5, 0.6) is 0 Å². The lowest BCUT2D eigenvalue weighted by Crippen LogP contribution is -2.22. The second-order valence-electron chi connectivity index (χ2n) is 5.28. The molecule has 0 spiro atoms. The third-order valence-electron chi connectivity index (χ3n) is 2.72. The second kappa shape index (κ2) is 5.57. The number of Topliss-reactive ketones (excluding diaryl/α,β-unsaturated/α-hetero) is 1. The predicted molar refractivity (Wildman–Crippen MR) is 76.5 cm³/mol. The number of nitrogens with zero attached hydrogens (tertiary/aromatic N) is 3. The number of hydrogen-bond acceptors (Lipinski definition) is 4. The Morgan fingerprint density at radius 2 is 1.95 bits per heavy atom. The van der Waals surface area contributed by atoms with E-state index in [1.54, 1.807) is 6.33 Å². The fourth-order valence-electron chi connectivity index (χ4n) is 1.44. The van der Waals surface area contributed by atoms with E-state index in [2.05, 4.69) is 10.2 Å².